The number of carbonyl (C=O) groups excluding carboxylic acids is 2. The summed E-state index contributed by atoms with van der Waals surface area (Å²) in [6.45, 7) is 1.46. The highest BCUT2D eigenvalue weighted by atomic mass is 35.5. The summed E-state index contributed by atoms with van der Waals surface area (Å²) in [5, 5.41) is 7.02. The lowest BCUT2D eigenvalue weighted by molar-refractivity contribution is -0.116. The Labute approximate surface area is 193 Å². The van der Waals surface area contributed by atoms with Crippen molar-refractivity contribution in [1.29, 1.82) is 0 Å². The van der Waals surface area contributed by atoms with Gasteiger partial charge in [0.2, 0.25) is 15.9 Å². The maximum absolute atomic E-state index is 12.7. The lowest BCUT2D eigenvalue weighted by atomic mass is 10.1. The molecular formula is C20H19ClN2O5S3. The van der Waals surface area contributed by atoms with Gasteiger partial charge in [-0.15, -0.1) is 22.7 Å². The van der Waals surface area contributed by atoms with Crippen molar-refractivity contribution >= 4 is 61.2 Å². The summed E-state index contributed by atoms with van der Waals surface area (Å²) in [6.07, 6.45) is 0. The number of nitrogens with zero attached hydrogens (tertiary/aromatic N) is 1. The number of sulfonamides is 1. The first kappa shape index (κ1) is 23.4. The Balaban J connectivity index is 1.80. The molecule has 1 N–H and O–H groups in total. The number of rotatable bonds is 8. The van der Waals surface area contributed by atoms with Crippen LogP contribution in [0.3, 0.4) is 0 Å². The summed E-state index contributed by atoms with van der Waals surface area (Å²) in [7, 11) is -2.57. The molecule has 0 radical (unpaired) electrons. The molecule has 0 unspecified atom stereocenters. The number of benzene rings is 1. The first-order chi connectivity index (χ1) is 14.7. The van der Waals surface area contributed by atoms with Crippen molar-refractivity contribution in [3.05, 3.63) is 57.7 Å². The molecule has 0 spiro atoms. The zero-order valence-corrected chi connectivity index (χ0v) is 19.8. The Hall–Kier alpha value is -2.24. The van der Waals surface area contributed by atoms with Crippen molar-refractivity contribution in [3.8, 4) is 10.4 Å². The van der Waals surface area contributed by atoms with Crippen LogP contribution in [0.15, 0.2) is 52.1 Å². The molecule has 3 rings (SSSR count). The Morgan fingerprint density at radius 3 is 2.48 bits per heavy atom. The zero-order chi connectivity index (χ0) is 22.6. The van der Waals surface area contributed by atoms with Crippen LogP contribution in [-0.2, 0) is 19.6 Å². The molecule has 1 amide bonds. The third-order valence-electron chi connectivity index (χ3n) is 4.20. The average molecular weight is 499 g/mol. The minimum atomic E-state index is -3.88. The van der Waals surface area contributed by atoms with Crippen molar-refractivity contribution in [2.75, 3.05) is 25.5 Å². The maximum atomic E-state index is 12.7. The predicted molar refractivity (Wildman–Crippen MR) is 123 cm³/mol. The molecule has 7 nitrogen and oxygen atoms in total. The summed E-state index contributed by atoms with van der Waals surface area (Å²) >= 11 is 8.45. The summed E-state index contributed by atoms with van der Waals surface area (Å²) in [5.41, 5.74) is 0.918. The van der Waals surface area contributed by atoms with Crippen molar-refractivity contribution in [2.24, 2.45) is 0 Å². The van der Waals surface area contributed by atoms with Crippen LogP contribution in [-0.4, -0.2) is 44.8 Å². The van der Waals surface area contributed by atoms with Crippen LogP contribution in [0, 0.1) is 0 Å². The fourth-order valence-electron chi connectivity index (χ4n) is 2.71. The second kappa shape index (κ2) is 9.92. The van der Waals surface area contributed by atoms with Crippen molar-refractivity contribution < 1.29 is 22.7 Å². The van der Waals surface area contributed by atoms with Crippen LogP contribution in [0.1, 0.15) is 17.3 Å². The Morgan fingerprint density at radius 1 is 1.16 bits per heavy atom. The highest BCUT2D eigenvalue weighted by Gasteiger charge is 2.26. The van der Waals surface area contributed by atoms with Crippen LogP contribution < -0.4 is 5.32 Å². The normalized spacial score (nSPS) is 11.5. The van der Waals surface area contributed by atoms with Crippen LogP contribution in [0.5, 0.6) is 0 Å². The van der Waals surface area contributed by atoms with E-state index in [9.17, 15) is 18.0 Å². The van der Waals surface area contributed by atoms with Gasteiger partial charge in [-0.25, -0.2) is 13.2 Å². The van der Waals surface area contributed by atoms with E-state index in [4.69, 9.17) is 16.3 Å². The molecule has 0 saturated heterocycles. The highest BCUT2D eigenvalue weighted by Crippen LogP contribution is 2.38. The number of hydrogen-bond acceptors (Lipinski definition) is 7. The summed E-state index contributed by atoms with van der Waals surface area (Å²) < 4.78 is 31.5. The summed E-state index contributed by atoms with van der Waals surface area (Å²) in [6, 6.07) is 9.40. The van der Waals surface area contributed by atoms with E-state index in [1.807, 2.05) is 17.5 Å². The fourth-order valence-corrected chi connectivity index (χ4v) is 5.75. The Bertz CT molecular complexity index is 1170. The van der Waals surface area contributed by atoms with Crippen LogP contribution in [0.2, 0.25) is 5.02 Å². The molecule has 0 saturated carbocycles. The second-order valence-electron chi connectivity index (χ2n) is 6.31. The predicted octanol–water partition coefficient (Wildman–Crippen LogP) is 4.57. The standard InChI is InChI=1S/C20H19ClN2O5S3/c1-3-28-20(25)18-15(16-5-4-10-29-16)12-30-19(18)22-17(24)11-23(2)31(26,27)14-8-6-13(21)7-9-14/h4-10,12H,3,11H2,1-2H3,(H,22,24). The monoisotopic (exact) mass is 498 g/mol. The van der Waals surface area contributed by atoms with Gasteiger partial charge < -0.3 is 10.1 Å². The molecule has 2 aromatic heterocycles. The van der Waals surface area contributed by atoms with Gasteiger partial charge >= 0.3 is 5.97 Å². The second-order valence-corrected chi connectivity index (χ2v) is 10.6. The van der Waals surface area contributed by atoms with Gasteiger partial charge in [0.25, 0.3) is 0 Å². The van der Waals surface area contributed by atoms with Crippen LogP contribution in [0.4, 0.5) is 5.00 Å². The zero-order valence-electron chi connectivity index (χ0n) is 16.6. The van der Waals surface area contributed by atoms with E-state index in [1.165, 1.54) is 54.0 Å². The topological polar surface area (TPSA) is 92.8 Å². The van der Waals surface area contributed by atoms with E-state index in [-0.39, 0.29) is 17.1 Å². The van der Waals surface area contributed by atoms with Crippen LogP contribution in [0.25, 0.3) is 10.4 Å². The largest absolute Gasteiger partial charge is 0.462 e. The minimum Gasteiger partial charge on any atom is -0.462 e. The van der Waals surface area contributed by atoms with E-state index in [2.05, 4.69) is 5.32 Å². The molecule has 2 heterocycles. The summed E-state index contributed by atoms with van der Waals surface area (Å²) in [5.74, 6) is -1.13. The SMILES string of the molecule is CCOC(=O)c1c(-c2cccs2)csc1NC(=O)CN(C)S(=O)(=O)c1ccc(Cl)cc1. The number of carbonyl (C=O) groups is 2. The molecule has 1 aromatic carbocycles. The van der Waals surface area contributed by atoms with Crippen molar-refractivity contribution in [2.45, 2.75) is 11.8 Å². The van der Waals surface area contributed by atoms with Crippen molar-refractivity contribution in [3.63, 3.8) is 0 Å². The summed E-state index contributed by atoms with van der Waals surface area (Å²) in [4.78, 5) is 26.0. The van der Waals surface area contributed by atoms with E-state index in [0.717, 1.165) is 9.18 Å². The maximum Gasteiger partial charge on any atom is 0.341 e. The number of ether oxygens (including phenoxy) is 1. The van der Waals surface area contributed by atoms with Gasteiger partial charge in [0.15, 0.2) is 0 Å². The number of hydrogen-bond donors (Lipinski definition) is 1. The molecule has 164 valence electrons. The number of thiophene rings is 2. The van der Waals surface area contributed by atoms with Gasteiger partial charge in [-0.1, -0.05) is 17.7 Å². The quantitative estimate of drug-likeness (QED) is 0.459. The van der Waals surface area contributed by atoms with E-state index >= 15 is 0 Å². The fraction of sp³-hybridized carbons (Fsp3) is 0.200. The van der Waals surface area contributed by atoms with Gasteiger partial charge in [-0.05, 0) is 42.6 Å². The third kappa shape index (κ3) is 5.34. The van der Waals surface area contributed by atoms with Gasteiger partial charge in [0, 0.05) is 27.9 Å². The van der Waals surface area contributed by atoms with Gasteiger partial charge in [0.05, 0.1) is 18.0 Å². The smallest absolute Gasteiger partial charge is 0.341 e. The minimum absolute atomic E-state index is 0.0236. The van der Waals surface area contributed by atoms with E-state index < -0.39 is 28.4 Å². The molecule has 3 aromatic rings. The lowest BCUT2D eigenvalue weighted by Gasteiger charge is -2.17. The third-order valence-corrected chi connectivity index (χ3v) is 8.07. The number of nitrogens with one attached hydrogen (secondary N) is 1. The molecule has 0 aliphatic heterocycles. The molecule has 0 atom stereocenters. The van der Waals surface area contributed by atoms with Gasteiger partial charge in [-0.2, -0.15) is 4.31 Å². The first-order valence-corrected chi connectivity index (χ1v) is 12.7. The van der Waals surface area contributed by atoms with Gasteiger partial charge in [-0.3, -0.25) is 4.79 Å². The molecule has 31 heavy (non-hydrogen) atoms. The molecule has 0 fully saturated rings. The van der Waals surface area contributed by atoms with Gasteiger partial charge in [0.1, 0.15) is 10.6 Å². The Morgan fingerprint density at radius 2 is 1.87 bits per heavy atom. The molecule has 0 aliphatic carbocycles. The number of anilines is 1. The van der Waals surface area contributed by atoms with E-state index in [0.29, 0.717) is 15.6 Å². The number of amides is 1. The first-order valence-electron chi connectivity index (χ1n) is 9.08. The average Bonchev–Trinajstić information content (AvgIpc) is 3.38. The highest BCUT2D eigenvalue weighted by molar-refractivity contribution is 7.89. The number of likely N-dealkylation sites (N-methyl/N-ethyl adjacent to an activating group) is 1. The molecular weight excluding hydrogens is 480 g/mol. The molecule has 0 bridgehead atoms. The Kier molecular flexibility index (Phi) is 7.50. The van der Waals surface area contributed by atoms with Crippen LogP contribution >= 0.6 is 34.3 Å². The van der Waals surface area contributed by atoms with Crippen molar-refractivity contribution in [1.82, 2.24) is 4.31 Å². The number of halogens is 1. The molecule has 11 heteroatoms. The molecule has 0 aliphatic rings. The lowest BCUT2D eigenvalue weighted by Crippen LogP contribution is -2.35. The van der Waals surface area contributed by atoms with E-state index in [1.54, 1.807) is 12.3 Å². The number of esters is 1.